The number of amides is 1. The number of nitrogens with zero attached hydrogens (tertiary/aromatic N) is 1. The summed E-state index contributed by atoms with van der Waals surface area (Å²) in [6.07, 6.45) is -0.499. The third-order valence-electron chi connectivity index (χ3n) is 4.03. The highest BCUT2D eigenvalue weighted by molar-refractivity contribution is 7.80. The van der Waals surface area contributed by atoms with E-state index in [0.717, 1.165) is 50.9 Å². The van der Waals surface area contributed by atoms with Crippen molar-refractivity contribution in [2.24, 2.45) is 0 Å². The molecule has 0 aliphatic carbocycles. The standard InChI is InChI=1S/C17H22F3N3OS/c1-2-3-6-15(24)22-16(25)21-13-11-12(17(18,19)20)7-8-14(13)23-9-4-5-10-23/h7-8,11H,2-6,9-10H2,1H3,(H2,21,22,24,25). The van der Waals surface area contributed by atoms with Crippen molar-refractivity contribution in [3.05, 3.63) is 23.8 Å². The zero-order chi connectivity index (χ0) is 18.4. The fourth-order valence-corrected chi connectivity index (χ4v) is 2.95. The van der Waals surface area contributed by atoms with Gasteiger partial charge in [0.2, 0.25) is 5.91 Å². The Hall–Kier alpha value is -1.83. The molecule has 0 aromatic heterocycles. The van der Waals surface area contributed by atoms with Crippen LogP contribution in [0.5, 0.6) is 0 Å². The molecular formula is C17H22F3N3OS. The van der Waals surface area contributed by atoms with Crippen LogP contribution in [0.2, 0.25) is 0 Å². The fraction of sp³-hybridized carbons (Fsp3) is 0.529. The first-order valence-corrected chi connectivity index (χ1v) is 8.79. The molecule has 2 rings (SSSR count). The van der Waals surface area contributed by atoms with E-state index >= 15 is 0 Å². The molecule has 0 unspecified atom stereocenters. The first kappa shape index (κ1) is 19.5. The van der Waals surface area contributed by atoms with Crippen LogP contribution in [0.4, 0.5) is 24.5 Å². The van der Waals surface area contributed by atoms with Gasteiger partial charge >= 0.3 is 6.18 Å². The van der Waals surface area contributed by atoms with Gasteiger partial charge in [0.25, 0.3) is 0 Å². The Morgan fingerprint density at radius 2 is 1.96 bits per heavy atom. The van der Waals surface area contributed by atoms with Crippen molar-refractivity contribution in [1.29, 1.82) is 0 Å². The average Bonchev–Trinajstić information content (AvgIpc) is 3.06. The molecule has 1 fully saturated rings. The van der Waals surface area contributed by atoms with E-state index in [1.807, 2.05) is 11.8 Å². The largest absolute Gasteiger partial charge is 0.416 e. The number of anilines is 2. The average molecular weight is 373 g/mol. The minimum absolute atomic E-state index is 0.0147. The second-order valence-corrected chi connectivity index (χ2v) is 6.44. The van der Waals surface area contributed by atoms with Gasteiger partial charge in [-0.3, -0.25) is 4.79 Å². The van der Waals surface area contributed by atoms with E-state index in [9.17, 15) is 18.0 Å². The SMILES string of the molecule is CCCCC(=O)NC(=S)Nc1cc(C(F)(F)F)ccc1N1CCCC1. The number of unbranched alkanes of at least 4 members (excludes halogenated alkanes) is 1. The zero-order valence-corrected chi connectivity index (χ0v) is 14.9. The number of nitrogens with one attached hydrogen (secondary N) is 2. The molecular weight excluding hydrogens is 351 g/mol. The molecule has 0 atom stereocenters. The van der Waals surface area contributed by atoms with Crippen LogP contribution in [0.25, 0.3) is 0 Å². The summed E-state index contributed by atoms with van der Waals surface area (Å²) in [7, 11) is 0. The summed E-state index contributed by atoms with van der Waals surface area (Å²) >= 11 is 5.09. The van der Waals surface area contributed by atoms with Crippen LogP contribution in [-0.2, 0) is 11.0 Å². The Bertz CT molecular complexity index is 628. The van der Waals surface area contributed by atoms with Gasteiger partial charge in [0.1, 0.15) is 0 Å². The van der Waals surface area contributed by atoms with Crippen molar-refractivity contribution in [3.8, 4) is 0 Å². The maximum Gasteiger partial charge on any atom is 0.416 e. The molecule has 1 amide bonds. The summed E-state index contributed by atoms with van der Waals surface area (Å²) in [5, 5.41) is 5.30. The highest BCUT2D eigenvalue weighted by Crippen LogP contribution is 2.36. The van der Waals surface area contributed by atoms with Gasteiger partial charge in [-0.2, -0.15) is 13.2 Å². The van der Waals surface area contributed by atoms with Crippen molar-refractivity contribution in [1.82, 2.24) is 5.32 Å². The normalized spacial score (nSPS) is 14.5. The Balaban J connectivity index is 2.17. The molecule has 0 bridgehead atoms. The molecule has 1 saturated heterocycles. The molecule has 1 aliphatic heterocycles. The topological polar surface area (TPSA) is 44.4 Å². The Morgan fingerprint density at radius 1 is 1.28 bits per heavy atom. The van der Waals surface area contributed by atoms with Crippen LogP contribution in [0.1, 0.15) is 44.6 Å². The summed E-state index contributed by atoms with van der Waals surface area (Å²) in [4.78, 5) is 13.8. The van der Waals surface area contributed by atoms with Gasteiger partial charge in [-0.05, 0) is 49.7 Å². The van der Waals surface area contributed by atoms with E-state index in [-0.39, 0.29) is 16.7 Å². The monoisotopic (exact) mass is 373 g/mol. The smallest absolute Gasteiger partial charge is 0.370 e. The van der Waals surface area contributed by atoms with Crippen molar-refractivity contribution in [2.45, 2.75) is 45.2 Å². The maximum atomic E-state index is 13.0. The predicted octanol–water partition coefficient (Wildman–Crippen LogP) is 4.31. The van der Waals surface area contributed by atoms with Crippen LogP contribution in [-0.4, -0.2) is 24.1 Å². The highest BCUT2D eigenvalue weighted by Gasteiger charge is 2.31. The summed E-state index contributed by atoms with van der Waals surface area (Å²) in [5.41, 5.74) is 0.172. The summed E-state index contributed by atoms with van der Waals surface area (Å²) in [6.45, 7) is 3.54. The minimum atomic E-state index is -4.44. The van der Waals surface area contributed by atoms with E-state index in [1.165, 1.54) is 6.07 Å². The number of rotatable bonds is 5. The van der Waals surface area contributed by atoms with E-state index in [2.05, 4.69) is 10.6 Å². The number of carbonyl (C=O) groups is 1. The Morgan fingerprint density at radius 3 is 2.56 bits per heavy atom. The lowest BCUT2D eigenvalue weighted by molar-refractivity contribution is -0.137. The second-order valence-electron chi connectivity index (χ2n) is 6.03. The Labute approximate surface area is 150 Å². The van der Waals surface area contributed by atoms with Gasteiger partial charge < -0.3 is 15.5 Å². The predicted molar refractivity (Wildman–Crippen MR) is 96.8 cm³/mol. The van der Waals surface area contributed by atoms with Crippen LogP contribution >= 0.6 is 12.2 Å². The molecule has 8 heteroatoms. The molecule has 1 aromatic carbocycles. The fourth-order valence-electron chi connectivity index (χ4n) is 2.73. The van der Waals surface area contributed by atoms with Crippen molar-refractivity contribution >= 4 is 34.6 Å². The van der Waals surface area contributed by atoms with Crippen LogP contribution < -0.4 is 15.5 Å². The number of hydrogen-bond acceptors (Lipinski definition) is 3. The molecule has 4 nitrogen and oxygen atoms in total. The van der Waals surface area contributed by atoms with Gasteiger partial charge in [0.15, 0.2) is 5.11 Å². The van der Waals surface area contributed by atoms with Crippen LogP contribution in [0.15, 0.2) is 18.2 Å². The van der Waals surface area contributed by atoms with Gasteiger partial charge in [-0.1, -0.05) is 13.3 Å². The number of alkyl halides is 3. The number of halogens is 3. The third-order valence-corrected chi connectivity index (χ3v) is 4.23. The lowest BCUT2D eigenvalue weighted by atomic mass is 10.1. The molecule has 1 heterocycles. The molecule has 0 saturated carbocycles. The summed E-state index contributed by atoms with van der Waals surface area (Å²) < 4.78 is 39.1. The molecule has 1 aromatic rings. The molecule has 0 spiro atoms. The molecule has 2 N–H and O–H groups in total. The quantitative estimate of drug-likeness (QED) is 0.755. The number of benzene rings is 1. The van der Waals surface area contributed by atoms with Crippen molar-refractivity contribution in [3.63, 3.8) is 0 Å². The zero-order valence-electron chi connectivity index (χ0n) is 14.1. The number of hydrogen-bond donors (Lipinski definition) is 2. The van der Waals surface area contributed by atoms with E-state index in [0.29, 0.717) is 12.1 Å². The van der Waals surface area contributed by atoms with Crippen LogP contribution in [0, 0.1) is 0 Å². The van der Waals surface area contributed by atoms with Gasteiger partial charge in [-0.15, -0.1) is 0 Å². The number of thiocarbonyl (C=S) groups is 1. The third kappa shape index (κ3) is 5.59. The maximum absolute atomic E-state index is 13.0. The lowest BCUT2D eigenvalue weighted by Crippen LogP contribution is -2.34. The Kier molecular flexibility index (Phi) is 6.64. The minimum Gasteiger partial charge on any atom is -0.370 e. The second kappa shape index (κ2) is 8.51. The highest BCUT2D eigenvalue weighted by atomic mass is 32.1. The van der Waals surface area contributed by atoms with Gasteiger partial charge in [0, 0.05) is 19.5 Å². The van der Waals surface area contributed by atoms with Gasteiger partial charge in [0.05, 0.1) is 16.9 Å². The van der Waals surface area contributed by atoms with E-state index in [1.54, 1.807) is 0 Å². The lowest BCUT2D eigenvalue weighted by Gasteiger charge is -2.23. The molecule has 0 radical (unpaired) electrons. The number of carbonyl (C=O) groups excluding carboxylic acids is 1. The van der Waals surface area contributed by atoms with Crippen LogP contribution in [0.3, 0.4) is 0 Å². The van der Waals surface area contributed by atoms with Crippen molar-refractivity contribution in [2.75, 3.05) is 23.3 Å². The van der Waals surface area contributed by atoms with Crippen molar-refractivity contribution < 1.29 is 18.0 Å². The van der Waals surface area contributed by atoms with E-state index < -0.39 is 11.7 Å². The van der Waals surface area contributed by atoms with Gasteiger partial charge in [-0.25, -0.2) is 0 Å². The summed E-state index contributed by atoms with van der Waals surface area (Å²) in [5.74, 6) is -0.242. The van der Waals surface area contributed by atoms with E-state index in [4.69, 9.17) is 12.2 Å². The molecule has 1 aliphatic rings. The molecule has 25 heavy (non-hydrogen) atoms. The molecule has 138 valence electrons. The first-order chi connectivity index (χ1) is 11.8. The first-order valence-electron chi connectivity index (χ1n) is 8.38. The summed E-state index contributed by atoms with van der Waals surface area (Å²) in [6, 6.07) is 3.57.